The van der Waals surface area contributed by atoms with E-state index in [1.54, 1.807) is 11.3 Å². The number of unbranched alkanes of at least 4 members (excludes halogenated alkanes) is 3. The number of hydrogen-bond donors (Lipinski definition) is 1. The van der Waals surface area contributed by atoms with Gasteiger partial charge < -0.3 is 5.73 Å². The highest BCUT2D eigenvalue weighted by Crippen LogP contribution is 2.24. The van der Waals surface area contributed by atoms with Crippen LogP contribution < -0.4 is 5.73 Å². The summed E-state index contributed by atoms with van der Waals surface area (Å²) in [4.78, 5) is 0. The quantitative estimate of drug-likeness (QED) is 0.544. The van der Waals surface area contributed by atoms with Crippen LogP contribution in [0.25, 0.3) is 0 Å². The van der Waals surface area contributed by atoms with Crippen molar-refractivity contribution in [2.45, 2.75) is 45.1 Å². The van der Waals surface area contributed by atoms with Gasteiger partial charge in [-0.2, -0.15) is 11.3 Å². The minimum absolute atomic E-state index is 0.236. The topological polar surface area (TPSA) is 26.0 Å². The lowest BCUT2D eigenvalue weighted by Crippen LogP contribution is -2.10. The summed E-state index contributed by atoms with van der Waals surface area (Å²) < 4.78 is 0. The first-order valence-corrected chi connectivity index (χ1v) is 6.59. The summed E-state index contributed by atoms with van der Waals surface area (Å²) in [6.07, 6.45) is 7.97. The molecular weight excluding hydrogens is 202 g/mol. The Bertz CT molecular complexity index is 290. The molecule has 1 unspecified atom stereocenters. The molecule has 0 amide bonds. The average Bonchev–Trinajstić information content (AvgIpc) is 2.64. The van der Waals surface area contributed by atoms with Crippen LogP contribution in [0.5, 0.6) is 0 Å². The first-order chi connectivity index (χ1) is 7.25. The summed E-state index contributed by atoms with van der Waals surface area (Å²) in [6.45, 7) is 5.86. The average molecular weight is 223 g/mol. The lowest BCUT2D eigenvalue weighted by atomic mass is 10.0. The predicted molar refractivity (Wildman–Crippen MR) is 69.3 cm³/mol. The second kappa shape index (κ2) is 6.81. The zero-order chi connectivity index (χ0) is 11.1. The van der Waals surface area contributed by atoms with E-state index in [-0.39, 0.29) is 6.04 Å². The van der Waals surface area contributed by atoms with Gasteiger partial charge in [-0.3, -0.25) is 0 Å². The summed E-state index contributed by atoms with van der Waals surface area (Å²) in [5.41, 5.74) is 8.82. The zero-order valence-electron chi connectivity index (χ0n) is 9.54. The monoisotopic (exact) mass is 223 g/mol. The Morgan fingerprint density at radius 3 is 2.80 bits per heavy atom. The van der Waals surface area contributed by atoms with Gasteiger partial charge in [-0.1, -0.05) is 18.9 Å². The fourth-order valence-electron chi connectivity index (χ4n) is 1.74. The smallest absolute Gasteiger partial charge is 0.0305 e. The third-order valence-electron chi connectivity index (χ3n) is 2.72. The van der Waals surface area contributed by atoms with Crippen molar-refractivity contribution in [2.75, 3.05) is 0 Å². The summed E-state index contributed by atoms with van der Waals surface area (Å²) in [5.74, 6) is 0. The van der Waals surface area contributed by atoms with Gasteiger partial charge in [-0.25, -0.2) is 0 Å². The van der Waals surface area contributed by atoms with Gasteiger partial charge in [0.25, 0.3) is 0 Å². The molecule has 0 bridgehead atoms. The normalized spacial score (nSPS) is 12.7. The Hall–Kier alpha value is -0.600. The highest BCUT2D eigenvalue weighted by Gasteiger charge is 2.08. The Labute approximate surface area is 97.0 Å². The molecule has 1 aromatic rings. The van der Waals surface area contributed by atoms with Crippen molar-refractivity contribution in [2.24, 2.45) is 5.73 Å². The summed E-state index contributed by atoms with van der Waals surface area (Å²) in [6, 6.07) is 0.236. The van der Waals surface area contributed by atoms with Crippen LogP contribution in [0.1, 0.15) is 49.3 Å². The van der Waals surface area contributed by atoms with Gasteiger partial charge in [0.1, 0.15) is 0 Å². The Balaban J connectivity index is 2.22. The molecule has 0 aliphatic rings. The van der Waals surface area contributed by atoms with Crippen molar-refractivity contribution >= 4 is 11.3 Å². The minimum Gasteiger partial charge on any atom is -0.324 e. The van der Waals surface area contributed by atoms with Crippen LogP contribution in [0.4, 0.5) is 0 Å². The summed E-state index contributed by atoms with van der Waals surface area (Å²) >= 11 is 1.75. The molecule has 1 aromatic heterocycles. The van der Waals surface area contributed by atoms with Crippen molar-refractivity contribution in [3.8, 4) is 0 Å². The van der Waals surface area contributed by atoms with Crippen LogP contribution in [-0.4, -0.2) is 0 Å². The van der Waals surface area contributed by atoms with E-state index >= 15 is 0 Å². The third-order valence-corrected chi connectivity index (χ3v) is 3.60. The molecule has 0 fully saturated rings. The summed E-state index contributed by atoms with van der Waals surface area (Å²) in [5, 5.41) is 4.36. The molecule has 0 saturated heterocycles. The van der Waals surface area contributed by atoms with E-state index < -0.39 is 0 Å². The number of nitrogens with two attached hydrogens (primary N) is 1. The molecule has 2 N–H and O–H groups in total. The molecule has 15 heavy (non-hydrogen) atoms. The molecule has 1 heterocycles. The molecule has 2 heteroatoms. The lowest BCUT2D eigenvalue weighted by Gasteiger charge is -2.10. The van der Waals surface area contributed by atoms with Gasteiger partial charge in [0.15, 0.2) is 0 Å². The highest BCUT2D eigenvalue weighted by molar-refractivity contribution is 7.08. The molecule has 0 saturated carbocycles. The van der Waals surface area contributed by atoms with Crippen molar-refractivity contribution in [1.29, 1.82) is 0 Å². The number of hydrogen-bond acceptors (Lipinski definition) is 2. The van der Waals surface area contributed by atoms with Gasteiger partial charge in [0.05, 0.1) is 0 Å². The first kappa shape index (κ1) is 12.5. The number of allylic oxidation sites excluding steroid dienone is 1. The highest BCUT2D eigenvalue weighted by atomic mass is 32.1. The van der Waals surface area contributed by atoms with Gasteiger partial charge in [-0.05, 0) is 48.1 Å². The molecule has 1 rings (SSSR count). The molecule has 1 nitrogen and oxygen atoms in total. The molecule has 0 radical (unpaired) electrons. The van der Waals surface area contributed by atoms with Gasteiger partial charge >= 0.3 is 0 Å². The van der Waals surface area contributed by atoms with Crippen LogP contribution in [0.2, 0.25) is 0 Å². The maximum atomic E-state index is 6.14. The second-order valence-corrected chi connectivity index (χ2v) is 4.79. The van der Waals surface area contributed by atoms with Crippen molar-refractivity contribution in [3.05, 3.63) is 34.5 Å². The molecule has 0 spiro atoms. The zero-order valence-corrected chi connectivity index (χ0v) is 10.4. The molecular formula is C13H21NS. The van der Waals surface area contributed by atoms with Crippen LogP contribution in [0.15, 0.2) is 23.4 Å². The number of aryl methyl sites for hydroxylation is 1. The van der Waals surface area contributed by atoms with Gasteiger partial charge in [0.2, 0.25) is 0 Å². The molecule has 84 valence electrons. The number of thiophene rings is 1. The second-order valence-electron chi connectivity index (χ2n) is 4.04. The Morgan fingerprint density at radius 2 is 2.20 bits per heavy atom. The van der Waals surface area contributed by atoms with Gasteiger partial charge in [-0.15, -0.1) is 6.58 Å². The fraction of sp³-hybridized carbons (Fsp3) is 0.538. The van der Waals surface area contributed by atoms with E-state index in [0.29, 0.717) is 0 Å². The molecule has 1 atom stereocenters. The van der Waals surface area contributed by atoms with Crippen LogP contribution in [0, 0.1) is 6.92 Å². The van der Waals surface area contributed by atoms with E-state index in [9.17, 15) is 0 Å². The maximum absolute atomic E-state index is 6.14. The van der Waals surface area contributed by atoms with E-state index in [1.807, 2.05) is 6.08 Å². The summed E-state index contributed by atoms with van der Waals surface area (Å²) in [7, 11) is 0. The minimum atomic E-state index is 0.236. The number of rotatable bonds is 7. The van der Waals surface area contributed by atoms with E-state index in [1.165, 1.54) is 30.4 Å². The SMILES string of the molecule is C=CCCCCCC(N)c1cscc1C. The fourth-order valence-corrected chi connectivity index (χ4v) is 2.65. The molecule has 0 aromatic carbocycles. The Kier molecular flexibility index (Phi) is 5.66. The van der Waals surface area contributed by atoms with Crippen LogP contribution in [0.3, 0.4) is 0 Å². The van der Waals surface area contributed by atoms with Crippen LogP contribution >= 0.6 is 11.3 Å². The van der Waals surface area contributed by atoms with E-state index in [0.717, 1.165) is 12.8 Å². The van der Waals surface area contributed by atoms with E-state index in [4.69, 9.17) is 5.73 Å². The largest absolute Gasteiger partial charge is 0.324 e. The standard InChI is InChI=1S/C13H21NS/c1-3-4-5-6-7-8-13(14)12-10-15-9-11(12)2/h3,9-10,13H,1,4-8,14H2,2H3. The van der Waals surface area contributed by atoms with Crippen molar-refractivity contribution < 1.29 is 0 Å². The lowest BCUT2D eigenvalue weighted by molar-refractivity contribution is 0.572. The Morgan fingerprint density at radius 1 is 1.40 bits per heavy atom. The van der Waals surface area contributed by atoms with Crippen LogP contribution in [-0.2, 0) is 0 Å². The third kappa shape index (κ3) is 4.18. The molecule has 0 aliphatic carbocycles. The van der Waals surface area contributed by atoms with E-state index in [2.05, 4.69) is 24.3 Å². The predicted octanol–water partition coefficient (Wildman–Crippen LogP) is 4.19. The van der Waals surface area contributed by atoms with Gasteiger partial charge in [0, 0.05) is 6.04 Å². The van der Waals surface area contributed by atoms with Crippen molar-refractivity contribution in [3.63, 3.8) is 0 Å². The molecule has 0 aliphatic heterocycles. The first-order valence-electron chi connectivity index (χ1n) is 5.65. The maximum Gasteiger partial charge on any atom is 0.0305 e. The van der Waals surface area contributed by atoms with Crippen molar-refractivity contribution in [1.82, 2.24) is 0 Å².